The van der Waals surface area contributed by atoms with Crippen LogP contribution in [0.5, 0.6) is 0 Å². The summed E-state index contributed by atoms with van der Waals surface area (Å²) in [5.41, 5.74) is 1.35. The number of nitrogens with zero attached hydrogens (tertiary/aromatic N) is 2. The number of ether oxygens (including phenoxy) is 1. The van der Waals surface area contributed by atoms with Gasteiger partial charge in [0.05, 0.1) is 11.2 Å². The van der Waals surface area contributed by atoms with E-state index in [2.05, 4.69) is 4.90 Å². The van der Waals surface area contributed by atoms with Gasteiger partial charge in [0, 0.05) is 42.7 Å². The number of piperidine rings is 1. The van der Waals surface area contributed by atoms with E-state index in [4.69, 9.17) is 4.74 Å². The van der Waals surface area contributed by atoms with Gasteiger partial charge in [-0.1, -0.05) is 18.2 Å². The third-order valence-corrected chi connectivity index (χ3v) is 7.47. The number of hydrogen-bond donors (Lipinski definition) is 0. The van der Waals surface area contributed by atoms with E-state index in [1.54, 1.807) is 11.3 Å². The third kappa shape index (κ3) is 3.91. The summed E-state index contributed by atoms with van der Waals surface area (Å²) < 4.78 is 6.32. The molecular weight excluding hydrogens is 396 g/mol. The van der Waals surface area contributed by atoms with Crippen LogP contribution in [0.2, 0.25) is 0 Å². The van der Waals surface area contributed by atoms with Crippen LogP contribution in [0, 0.1) is 0 Å². The number of carbonyl (C=O) groups excluding carboxylic acids is 2. The van der Waals surface area contributed by atoms with Gasteiger partial charge in [-0.15, -0.1) is 0 Å². The second-order valence-corrected chi connectivity index (χ2v) is 9.57. The van der Waals surface area contributed by atoms with Crippen LogP contribution in [-0.2, 0) is 4.74 Å². The molecule has 1 saturated carbocycles. The lowest BCUT2D eigenvalue weighted by Crippen LogP contribution is -2.55. The second-order valence-electron chi connectivity index (χ2n) is 8.79. The highest BCUT2D eigenvalue weighted by molar-refractivity contribution is 7.08. The van der Waals surface area contributed by atoms with Gasteiger partial charge in [-0.25, -0.2) is 0 Å². The average Bonchev–Trinajstić information content (AvgIpc) is 3.46. The number of hydrogen-bond acceptors (Lipinski definition) is 4. The molecule has 2 aliphatic heterocycles. The Hall–Kier alpha value is -2.18. The first-order valence-electron chi connectivity index (χ1n) is 11.0. The lowest BCUT2D eigenvalue weighted by molar-refractivity contribution is -0.126. The fraction of sp³-hybridized carbons (Fsp3) is 0.500. The van der Waals surface area contributed by atoms with Crippen molar-refractivity contribution in [1.82, 2.24) is 9.80 Å². The molecule has 0 N–H and O–H groups in total. The highest BCUT2D eigenvalue weighted by Crippen LogP contribution is 2.40. The van der Waals surface area contributed by atoms with Crippen LogP contribution in [-0.4, -0.2) is 59.0 Å². The zero-order valence-corrected chi connectivity index (χ0v) is 18.0. The van der Waals surface area contributed by atoms with Gasteiger partial charge in [-0.05, 0) is 62.1 Å². The Morgan fingerprint density at radius 3 is 2.43 bits per heavy atom. The molecule has 3 fully saturated rings. The van der Waals surface area contributed by atoms with Crippen molar-refractivity contribution in [2.24, 2.45) is 0 Å². The summed E-state index contributed by atoms with van der Waals surface area (Å²) >= 11 is 1.56. The number of amides is 2. The topological polar surface area (TPSA) is 49.9 Å². The van der Waals surface area contributed by atoms with Gasteiger partial charge >= 0.3 is 0 Å². The molecular formula is C24H28N2O3S. The van der Waals surface area contributed by atoms with Crippen molar-refractivity contribution in [2.45, 2.75) is 56.2 Å². The quantitative estimate of drug-likeness (QED) is 0.739. The van der Waals surface area contributed by atoms with Crippen LogP contribution in [0.3, 0.4) is 0 Å². The van der Waals surface area contributed by atoms with Gasteiger partial charge in [0.15, 0.2) is 0 Å². The molecule has 2 amide bonds. The number of thiophene rings is 1. The van der Waals surface area contributed by atoms with Crippen molar-refractivity contribution >= 4 is 23.2 Å². The maximum atomic E-state index is 13.3. The predicted molar refractivity (Wildman–Crippen MR) is 117 cm³/mol. The Morgan fingerprint density at radius 2 is 1.77 bits per heavy atom. The summed E-state index contributed by atoms with van der Waals surface area (Å²) in [5, 5.41) is 3.87. The Bertz CT molecular complexity index is 886. The molecule has 1 aromatic carbocycles. The van der Waals surface area contributed by atoms with Gasteiger partial charge in [0.2, 0.25) is 0 Å². The number of carbonyl (C=O) groups is 2. The highest BCUT2D eigenvalue weighted by atomic mass is 32.1. The summed E-state index contributed by atoms with van der Waals surface area (Å²) in [6.45, 7) is 2.13. The minimum atomic E-state index is -0.210. The molecule has 5 rings (SSSR count). The van der Waals surface area contributed by atoms with E-state index >= 15 is 0 Å². The zero-order valence-electron chi connectivity index (χ0n) is 17.2. The molecule has 1 aliphatic carbocycles. The van der Waals surface area contributed by atoms with Crippen molar-refractivity contribution < 1.29 is 14.3 Å². The van der Waals surface area contributed by atoms with Gasteiger partial charge in [0.25, 0.3) is 11.8 Å². The normalized spacial score (nSPS) is 23.3. The molecule has 1 atom stereocenters. The van der Waals surface area contributed by atoms with Gasteiger partial charge in [-0.3, -0.25) is 9.59 Å². The van der Waals surface area contributed by atoms with Crippen LogP contribution in [0.15, 0.2) is 47.2 Å². The SMILES string of the molecule is O=C(c1ccsc1)N1CCC2(CC1)CC(N(C(=O)c1ccccc1)C1CC1)CCO2. The van der Waals surface area contributed by atoms with E-state index in [1.807, 2.05) is 52.1 Å². The monoisotopic (exact) mass is 424 g/mol. The molecule has 1 aromatic heterocycles. The minimum Gasteiger partial charge on any atom is -0.375 e. The Morgan fingerprint density at radius 1 is 1.00 bits per heavy atom. The summed E-state index contributed by atoms with van der Waals surface area (Å²) in [6, 6.07) is 12.1. The van der Waals surface area contributed by atoms with Crippen LogP contribution in [0.25, 0.3) is 0 Å². The Balaban J connectivity index is 1.27. The summed E-state index contributed by atoms with van der Waals surface area (Å²) in [6.07, 6.45) is 5.67. The van der Waals surface area contributed by atoms with Gasteiger partial charge < -0.3 is 14.5 Å². The minimum absolute atomic E-state index is 0.123. The molecule has 6 heteroatoms. The fourth-order valence-corrected chi connectivity index (χ4v) is 5.62. The lowest BCUT2D eigenvalue weighted by Gasteiger charge is -2.48. The van der Waals surface area contributed by atoms with Crippen molar-refractivity contribution in [3.63, 3.8) is 0 Å². The average molecular weight is 425 g/mol. The molecule has 1 spiro atoms. The van der Waals surface area contributed by atoms with Crippen molar-refractivity contribution in [1.29, 1.82) is 0 Å². The number of likely N-dealkylation sites (tertiary alicyclic amines) is 1. The van der Waals surface area contributed by atoms with E-state index in [0.29, 0.717) is 12.6 Å². The maximum Gasteiger partial charge on any atom is 0.254 e. The number of benzene rings is 1. The first kappa shape index (κ1) is 19.8. The van der Waals surface area contributed by atoms with Crippen LogP contribution >= 0.6 is 11.3 Å². The second kappa shape index (κ2) is 8.16. The largest absolute Gasteiger partial charge is 0.375 e. The highest BCUT2D eigenvalue weighted by Gasteiger charge is 2.46. The summed E-state index contributed by atoms with van der Waals surface area (Å²) in [5.74, 6) is 0.280. The van der Waals surface area contributed by atoms with Gasteiger partial charge in [0.1, 0.15) is 0 Å². The molecule has 5 nitrogen and oxygen atoms in total. The molecule has 0 bridgehead atoms. The van der Waals surface area contributed by atoms with Gasteiger partial charge in [-0.2, -0.15) is 11.3 Å². The van der Waals surface area contributed by atoms with E-state index in [9.17, 15) is 9.59 Å². The summed E-state index contributed by atoms with van der Waals surface area (Å²) in [7, 11) is 0. The molecule has 2 aromatic rings. The molecule has 3 aliphatic rings. The first-order chi connectivity index (χ1) is 14.7. The molecule has 158 valence electrons. The van der Waals surface area contributed by atoms with Crippen LogP contribution in [0.1, 0.15) is 59.2 Å². The lowest BCUT2D eigenvalue weighted by atomic mass is 9.81. The van der Waals surface area contributed by atoms with E-state index in [-0.39, 0.29) is 23.5 Å². The van der Waals surface area contributed by atoms with Crippen molar-refractivity contribution in [2.75, 3.05) is 19.7 Å². The van der Waals surface area contributed by atoms with Crippen LogP contribution < -0.4 is 0 Å². The van der Waals surface area contributed by atoms with Crippen molar-refractivity contribution in [3.8, 4) is 0 Å². The van der Waals surface area contributed by atoms with E-state index in [1.165, 1.54) is 0 Å². The van der Waals surface area contributed by atoms with E-state index < -0.39 is 0 Å². The Labute approximate surface area is 181 Å². The van der Waals surface area contributed by atoms with E-state index in [0.717, 1.165) is 62.7 Å². The smallest absolute Gasteiger partial charge is 0.254 e. The first-order valence-corrected chi connectivity index (χ1v) is 11.9. The number of rotatable bonds is 4. The Kier molecular flexibility index (Phi) is 5.37. The molecule has 30 heavy (non-hydrogen) atoms. The zero-order chi connectivity index (χ0) is 20.6. The molecule has 1 unspecified atom stereocenters. The standard InChI is InChI=1S/C24H28N2O3S/c27-22(19-9-15-30-17-19)25-12-10-24(11-13-25)16-21(8-14-29-24)26(20-6-7-20)23(28)18-4-2-1-3-5-18/h1-5,9,15,17,20-21H,6-8,10-14,16H2. The third-order valence-electron chi connectivity index (χ3n) is 6.79. The van der Waals surface area contributed by atoms with Crippen molar-refractivity contribution in [3.05, 3.63) is 58.3 Å². The maximum absolute atomic E-state index is 13.3. The predicted octanol–water partition coefficient (Wildman–Crippen LogP) is 4.21. The van der Waals surface area contributed by atoms with Crippen LogP contribution in [0.4, 0.5) is 0 Å². The molecule has 3 heterocycles. The molecule has 0 radical (unpaired) electrons. The molecule has 2 saturated heterocycles. The summed E-state index contributed by atoms with van der Waals surface area (Å²) in [4.78, 5) is 30.1. The fourth-order valence-electron chi connectivity index (χ4n) is 4.99.